The molecule has 0 radical (unpaired) electrons. The summed E-state index contributed by atoms with van der Waals surface area (Å²) in [6.07, 6.45) is 10.9. The van der Waals surface area contributed by atoms with Crippen molar-refractivity contribution in [3.8, 4) is 0 Å². The molecule has 246 valence electrons. The van der Waals surface area contributed by atoms with Crippen molar-refractivity contribution >= 4 is 47.2 Å². The molecule has 1 aromatic heterocycles. The van der Waals surface area contributed by atoms with Gasteiger partial charge in [0.1, 0.15) is 0 Å². The number of aryl methyl sites for hydroxylation is 1. The number of H-pyrrole nitrogens is 1. The standard InChI is InChI=1S/C37H43N5O5/c1-8-9-10-11-27-31-19-30-22(4)26(13-15-34(45)47-7)37(41-30)42-36-25(12-14-33(44)46-6)21(3)29(40-36)17-24-16-20(2)28(38-24)18-32(39-31)35(27)23(5)43/h16-19,38,43H,8-15H2,1-7H3/b24-17?,28-18?,30-19?,35-23+,42-36?. The molecule has 0 aromatic carbocycles. The number of nitrogens with one attached hydrogen (secondary N) is 1. The lowest BCUT2D eigenvalue weighted by Gasteiger charge is -2.09. The molecule has 0 amide bonds. The Kier molecular flexibility index (Phi) is 10.2. The first-order chi connectivity index (χ1) is 22.5. The van der Waals surface area contributed by atoms with E-state index in [1.165, 1.54) is 14.2 Å². The molecule has 0 spiro atoms. The van der Waals surface area contributed by atoms with Crippen LogP contribution in [0.4, 0.5) is 0 Å². The monoisotopic (exact) mass is 637 g/mol. The second-order valence-electron chi connectivity index (χ2n) is 12.1. The van der Waals surface area contributed by atoms with Gasteiger partial charge in [-0.15, -0.1) is 0 Å². The van der Waals surface area contributed by atoms with E-state index in [0.29, 0.717) is 35.9 Å². The first-order valence-electron chi connectivity index (χ1n) is 16.2. The number of aliphatic imine (C=N–C) groups is 4. The van der Waals surface area contributed by atoms with Crippen LogP contribution in [0.2, 0.25) is 0 Å². The molecule has 10 heteroatoms. The molecule has 2 N–H and O–H groups in total. The molecule has 4 aliphatic rings. The highest BCUT2D eigenvalue weighted by Crippen LogP contribution is 2.37. The molecule has 0 atom stereocenters. The summed E-state index contributed by atoms with van der Waals surface area (Å²) >= 11 is 0. The van der Waals surface area contributed by atoms with Crippen LogP contribution in [0.5, 0.6) is 0 Å². The van der Waals surface area contributed by atoms with Crippen LogP contribution in [-0.2, 0) is 19.1 Å². The van der Waals surface area contributed by atoms with E-state index < -0.39 is 0 Å². The summed E-state index contributed by atoms with van der Waals surface area (Å²) in [5.41, 5.74) is 9.02. The van der Waals surface area contributed by atoms with Crippen LogP contribution in [0, 0.1) is 6.92 Å². The van der Waals surface area contributed by atoms with Crippen molar-refractivity contribution in [2.75, 3.05) is 14.2 Å². The van der Waals surface area contributed by atoms with Crippen LogP contribution >= 0.6 is 0 Å². The number of aliphatic hydroxyl groups is 1. The number of allylic oxidation sites excluding steroid dienone is 6. The van der Waals surface area contributed by atoms with Crippen molar-refractivity contribution in [2.45, 2.75) is 86.0 Å². The minimum Gasteiger partial charge on any atom is -0.512 e. The SMILES string of the molecule is CCCCCC1=C2C=C3N=C(N=C4N=C(C=c5cc(C)c([nH]5)=CC(=N2)/C1=C(\C)O)C(C)=C4CCC(=O)OC)C(CCC(=O)OC)=C3C. The average Bonchev–Trinajstić information content (AvgIpc) is 3.74. The predicted molar refractivity (Wildman–Crippen MR) is 186 cm³/mol. The second-order valence-corrected chi connectivity index (χ2v) is 12.1. The molecule has 0 saturated carbocycles. The van der Waals surface area contributed by atoms with Crippen molar-refractivity contribution in [1.82, 2.24) is 4.98 Å². The number of ether oxygens (including phenoxy) is 2. The van der Waals surface area contributed by atoms with Gasteiger partial charge in [-0.3, -0.25) is 9.59 Å². The number of aromatic amines is 1. The molecule has 0 saturated heterocycles. The number of methoxy groups -OCH3 is 2. The van der Waals surface area contributed by atoms with Gasteiger partial charge in [0, 0.05) is 40.3 Å². The fourth-order valence-electron chi connectivity index (χ4n) is 6.21. The Balaban J connectivity index is 1.77. The zero-order valence-corrected chi connectivity index (χ0v) is 28.3. The number of hydrogen-bond donors (Lipinski definition) is 2. The van der Waals surface area contributed by atoms with Crippen LogP contribution in [0.25, 0.3) is 12.2 Å². The number of amidine groups is 2. The van der Waals surface area contributed by atoms with E-state index in [1.807, 2.05) is 39.0 Å². The van der Waals surface area contributed by atoms with Crippen LogP contribution in [-0.4, -0.2) is 59.3 Å². The largest absolute Gasteiger partial charge is 0.512 e. The highest BCUT2D eigenvalue weighted by Gasteiger charge is 2.29. The van der Waals surface area contributed by atoms with Gasteiger partial charge in [0.25, 0.3) is 0 Å². The van der Waals surface area contributed by atoms with Crippen LogP contribution in [0.1, 0.15) is 84.6 Å². The number of carbonyl (C=O) groups is 2. The number of unbranched alkanes of at least 4 members (excludes halogenated alkanes) is 2. The molecular formula is C37H43N5O5. The van der Waals surface area contributed by atoms with Crippen molar-refractivity contribution in [3.63, 3.8) is 0 Å². The van der Waals surface area contributed by atoms with Gasteiger partial charge in [-0.25, -0.2) is 20.0 Å². The smallest absolute Gasteiger partial charge is 0.305 e. The van der Waals surface area contributed by atoms with Crippen LogP contribution in [0.15, 0.2) is 82.7 Å². The summed E-state index contributed by atoms with van der Waals surface area (Å²) in [6, 6.07) is 2.05. The van der Waals surface area contributed by atoms with Crippen LogP contribution in [0.3, 0.4) is 0 Å². The summed E-state index contributed by atoms with van der Waals surface area (Å²) in [6.45, 7) is 9.85. The van der Waals surface area contributed by atoms with E-state index in [0.717, 1.165) is 86.8 Å². The van der Waals surface area contributed by atoms with Gasteiger partial charge in [0.15, 0.2) is 11.7 Å². The normalized spacial score (nSPS) is 18.3. The minimum absolute atomic E-state index is 0.166. The van der Waals surface area contributed by atoms with Crippen molar-refractivity contribution in [2.24, 2.45) is 20.0 Å². The van der Waals surface area contributed by atoms with Gasteiger partial charge in [-0.05, 0) is 100.0 Å². The Morgan fingerprint density at radius 2 is 1.45 bits per heavy atom. The fourth-order valence-corrected chi connectivity index (χ4v) is 6.21. The molecule has 0 aliphatic carbocycles. The Morgan fingerprint density at radius 3 is 2.09 bits per heavy atom. The second kappa shape index (κ2) is 14.3. The quantitative estimate of drug-likeness (QED) is 0.192. The highest BCUT2D eigenvalue weighted by molar-refractivity contribution is 6.33. The molecule has 8 bridgehead atoms. The number of nitrogens with zero attached hydrogens (tertiary/aromatic N) is 4. The zero-order valence-electron chi connectivity index (χ0n) is 28.3. The van der Waals surface area contributed by atoms with Gasteiger partial charge in [-0.2, -0.15) is 0 Å². The first kappa shape index (κ1) is 33.5. The number of esters is 2. The van der Waals surface area contributed by atoms with Gasteiger partial charge >= 0.3 is 11.9 Å². The van der Waals surface area contributed by atoms with Gasteiger partial charge in [0.2, 0.25) is 0 Å². The lowest BCUT2D eigenvalue weighted by Crippen LogP contribution is -2.15. The Labute approximate surface area is 275 Å². The molecule has 5 rings (SSSR count). The fraction of sp³-hybridized carbons (Fsp3) is 0.405. The molecule has 1 aromatic rings. The maximum absolute atomic E-state index is 12.2. The zero-order chi connectivity index (χ0) is 33.8. The number of hydrogen-bond acceptors (Lipinski definition) is 9. The third-order valence-electron chi connectivity index (χ3n) is 8.91. The average molecular weight is 638 g/mol. The van der Waals surface area contributed by atoms with Crippen LogP contribution < -0.4 is 10.7 Å². The molecule has 47 heavy (non-hydrogen) atoms. The molecule has 0 fully saturated rings. The third kappa shape index (κ3) is 7.11. The summed E-state index contributed by atoms with van der Waals surface area (Å²) in [7, 11) is 2.75. The summed E-state index contributed by atoms with van der Waals surface area (Å²) in [5, 5.41) is 12.7. The number of rotatable bonds is 10. The number of carbonyl (C=O) groups excluding carboxylic acids is 2. The topological polar surface area (TPSA) is 138 Å². The summed E-state index contributed by atoms with van der Waals surface area (Å²) in [4.78, 5) is 47.9. The molecule has 5 heterocycles. The molecular weight excluding hydrogens is 594 g/mol. The van der Waals surface area contributed by atoms with E-state index >= 15 is 0 Å². The van der Waals surface area contributed by atoms with E-state index in [2.05, 4.69) is 18.0 Å². The lowest BCUT2D eigenvalue weighted by atomic mass is 9.95. The van der Waals surface area contributed by atoms with Gasteiger partial charge in [0.05, 0.1) is 42.8 Å². The van der Waals surface area contributed by atoms with Gasteiger partial charge in [-0.1, -0.05) is 19.8 Å². The number of aromatic nitrogens is 1. The van der Waals surface area contributed by atoms with E-state index in [9.17, 15) is 14.7 Å². The lowest BCUT2D eigenvalue weighted by molar-refractivity contribution is -0.141. The van der Waals surface area contributed by atoms with Crippen molar-refractivity contribution in [3.05, 3.63) is 79.0 Å². The van der Waals surface area contributed by atoms with E-state index in [1.54, 1.807) is 6.92 Å². The number of aliphatic hydroxyl groups excluding tert-OH is 1. The van der Waals surface area contributed by atoms with Crippen molar-refractivity contribution in [1.29, 1.82) is 0 Å². The van der Waals surface area contributed by atoms with E-state index in [-0.39, 0.29) is 30.5 Å². The summed E-state index contributed by atoms with van der Waals surface area (Å²) in [5.74, 6) is 0.513. The predicted octanol–water partition coefficient (Wildman–Crippen LogP) is 5.71. The summed E-state index contributed by atoms with van der Waals surface area (Å²) < 4.78 is 9.86. The maximum atomic E-state index is 12.2. The van der Waals surface area contributed by atoms with Gasteiger partial charge < -0.3 is 19.6 Å². The molecule has 10 nitrogen and oxygen atoms in total. The Bertz CT molecular complexity index is 1930. The first-order valence-corrected chi connectivity index (χ1v) is 16.2. The molecule has 0 unspecified atom stereocenters. The maximum Gasteiger partial charge on any atom is 0.305 e. The minimum atomic E-state index is -0.325. The third-order valence-corrected chi connectivity index (χ3v) is 8.91. The Hall–Kier alpha value is -4.86. The number of fused-ring (bicyclic) bond motifs is 5. The molecule has 4 aliphatic heterocycles. The van der Waals surface area contributed by atoms with Crippen molar-refractivity contribution < 1.29 is 24.2 Å². The van der Waals surface area contributed by atoms with E-state index in [4.69, 9.17) is 29.4 Å². The highest BCUT2D eigenvalue weighted by atomic mass is 16.5. The Morgan fingerprint density at radius 1 is 0.787 bits per heavy atom.